The minimum atomic E-state index is -0.341. The fourth-order valence-corrected chi connectivity index (χ4v) is 6.05. The van der Waals surface area contributed by atoms with Gasteiger partial charge in [0.05, 0.1) is 5.70 Å². The lowest BCUT2D eigenvalue weighted by Gasteiger charge is -2.09. The topological polar surface area (TPSA) is 142 Å². The molecule has 0 saturated heterocycles. The molecule has 2 aliphatic heterocycles. The van der Waals surface area contributed by atoms with Gasteiger partial charge in [0.2, 0.25) is 0 Å². The quantitative estimate of drug-likeness (QED) is 0.132. The summed E-state index contributed by atoms with van der Waals surface area (Å²) in [5.74, 6) is -1.08. The molecule has 49 heavy (non-hydrogen) atoms. The summed E-state index contributed by atoms with van der Waals surface area (Å²) in [7, 11) is 0. The van der Waals surface area contributed by atoms with Gasteiger partial charge in [0.1, 0.15) is 13.2 Å². The number of carbonyl (C=O) groups excluding carboxylic acids is 4. The molecule has 2 aromatic rings. The number of hydrogen-bond donors (Lipinski definition) is 4. The van der Waals surface area contributed by atoms with Gasteiger partial charge in [0, 0.05) is 64.5 Å². The summed E-state index contributed by atoms with van der Waals surface area (Å²) in [5.41, 5.74) is 10.9. The number of carbonyl (C=O) groups is 4. The SMILES string of the molecule is C=CCOC(=O)CCc1c(Cc2[nH]c(/C=C3\NC(=O)C(C)=C3C=C)c(C)c2CCC(=O)OCC=C)[nH]c(/C=C2\NC(=O)C(C=C)=C2C)c1C. The number of allylic oxidation sites excluding steroid dienone is 2. The Bertz CT molecular complexity index is 1870. The summed E-state index contributed by atoms with van der Waals surface area (Å²) in [6.07, 6.45) is 11.6. The van der Waals surface area contributed by atoms with Crippen LogP contribution in [-0.4, -0.2) is 46.9 Å². The van der Waals surface area contributed by atoms with E-state index in [0.29, 0.717) is 41.8 Å². The van der Waals surface area contributed by atoms with Crippen molar-refractivity contribution >= 4 is 35.9 Å². The van der Waals surface area contributed by atoms with E-state index in [2.05, 4.69) is 46.9 Å². The third-order valence-corrected chi connectivity index (χ3v) is 8.82. The lowest BCUT2D eigenvalue weighted by Crippen LogP contribution is -2.15. The van der Waals surface area contributed by atoms with Crippen LogP contribution in [0.1, 0.15) is 71.7 Å². The van der Waals surface area contributed by atoms with Crippen molar-refractivity contribution in [1.29, 1.82) is 0 Å². The minimum absolute atomic E-state index is 0.132. The summed E-state index contributed by atoms with van der Waals surface area (Å²) < 4.78 is 10.5. The minimum Gasteiger partial charge on any atom is -0.461 e. The molecule has 0 spiro atoms. The standard InChI is InChI=1S/C39H44N4O6/c1-9-17-48-36(44)15-13-28-23(6)30(19-32-22(5)27(12-4)39(47)42-32)40-34(28)21-35-29(14-16-37(45)49-18-10-2)24(7)31(41-35)20-33-26(11-3)25(8)38(46)43-33/h9-12,19-20,40-41H,1-4,13-18,21H2,5-8H3,(H,42,47)(H,43,46)/b32-19-,33-20-. The van der Waals surface area contributed by atoms with Crippen molar-refractivity contribution in [3.63, 3.8) is 0 Å². The Morgan fingerprint density at radius 3 is 1.57 bits per heavy atom. The maximum absolute atomic E-state index is 12.5. The largest absolute Gasteiger partial charge is 0.461 e. The van der Waals surface area contributed by atoms with E-state index in [1.165, 1.54) is 12.2 Å². The van der Waals surface area contributed by atoms with Crippen LogP contribution in [0.5, 0.6) is 0 Å². The first-order chi connectivity index (χ1) is 23.4. The van der Waals surface area contributed by atoms with Gasteiger partial charge in [-0.25, -0.2) is 0 Å². The molecular weight excluding hydrogens is 620 g/mol. The molecule has 4 heterocycles. The number of H-pyrrole nitrogens is 2. The van der Waals surface area contributed by atoms with Crippen LogP contribution in [0.4, 0.5) is 0 Å². The van der Waals surface area contributed by atoms with Crippen molar-refractivity contribution in [2.75, 3.05) is 13.2 Å². The molecule has 0 aliphatic carbocycles. The Morgan fingerprint density at radius 2 is 1.12 bits per heavy atom. The van der Waals surface area contributed by atoms with Gasteiger partial charge < -0.3 is 30.1 Å². The molecule has 0 unspecified atom stereocenters. The van der Waals surface area contributed by atoms with Crippen LogP contribution in [0, 0.1) is 13.8 Å². The van der Waals surface area contributed by atoms with Gasteiger partial charge in [0.15, 0.2) is 0 Å². The fraction of sp³-hybridized carbons (Fsp3) is 0.282. The number of aromatic nitrogens is 2. The molecule has 4 rings (SSSR count). The predicted molar refractivity (Wildman–Crippen MR) is 191 cm³/mol. The lowest BCUT2D eigenvalue weighted by atomic mass is 9.98. The summed E-state index contributed by atoms with van der Waals surface area (Å²) in [6.45, 7) is 22.7. The number of nitrogens with one attached hydrogen (secondary N) is 4. The lowest BCUT2D eigenvalue weighted by molar-refractivity contribution is -0.143. The Hall–Kier alpha value is -5.64. The second-order valence-electron chi connectivity index (χ2n) is 11.9. The molecule has 0 fully saturated rings. The number of amides is 2. The van der Waals surface area contributed by atoms with Crippen molar-refractivity contribution in [1.82, 2.24) is 20.6 Å². The molecular formula is C39H44N4O6. The van der Waals surface area contributed by atoms with Gasteiger partial charge in [-0.1, -0.05) is 50.6 Å². The second kappa shape index (κ2) is 16.0. The van der Waals surface area contributed by atoms with Gasteiger partial charge in [-0.3, -0.25) is 19.2 Å². The number of hydrogen-bond acceptors (Lipinski definition) is 6. The molecule has 2 amide bonds. The number of aromatic amines is 2. The van der Waals surface area contributed by atoms with Crippen LogP contribution in [0.3, 0.4) is 0 Å². The highest BCUT2D eigenvalue weighted by atomic mass is 16.5. The van der Waals surface area contributed by atoms with Crippen molar-refractivity contribution in [2.24, 2.45) is 0 Å². The Balaban J connectivity index is 1.79. The Labute approximate surface area is 287 Å². The van der Waals surface area contributed by atoms with E-state index in [1.807, 2.05) is 32.9 Å². The first-order valence-corrected chi connectivity index (χ1v) is 16.1. The summed E-state index contributed by atoms with van der Waals surface area (Å²) in [5, 5.41) is 5.83. The number of esters is 2. The third-order valence-electron chi connectivity index (χ3n) is 8.82. The van der Waals surface area contributed by atoms with Crippen molar-refractivity contribution in [3.05, 3.63) is 129 Å². The third kappa shape index (κ3) is 8.09. The second-order valence-corrected chi connectivity index (χ2v) is 11.9. The van der Waals surface area contributed by atoms with Crippen LogP contribution in [0.15, 0.2) is 84.3 Å². The molecule has 2 aromatic heterocycles. The summed E-state index contributed by atoms with van der Waals surface area (Å²) in [4.78, 5) is 57.1. The Kier molecular flexibility index (Phi) is 11.8. The smallest absolute Gasteiger partial charge is 0.306 e. The molecule has 2 aliphatic rings. The normalized spacial score (nSPS) is 15.9. The summed E-state index contributed by atoms with van der Waals surface area (Å²) >= 11 is 0. The number of ether oxygens (including phenoxy) is 2. The molecule has 0 atom stereocenters. The molecule has 10 nitrogen and oxygen atoms in total. The van der Waals surface area contributed by atoms with Gasteiger partial charge in [-0.15, -0.1) is 0 Å². The highest BCUT2D eigenvalue weighted by Gasteiger charge is 2.26. The van der Waals surface area contributed by atoms with E-state index in [-0.39, 0.29) is 49.8 Å². The maximum atomic E-state index is 12.5. The number of rotatable bonds is 16. The van der Waals surface area contributed by atoms with Crippen molar-refractivity contribution < 1.29 is 28.7 Å². The van der Waals surface area contributed by atoms with Gasteiger partial charge in [0.25, 0.3) is 11.8 Å². The van der Waals surface area contributed by atoms with Crippen LogP contribution in [0.2, 0.25) is 0 Å². The van der Waals surface area contributed by atoms with Gasteiger partial charge in [-0.2, -0.15) is 0 Å². The average molecular weight is 665 g/mol. The highest BCUT2D eigenvalue weighted by Crippen LogP contribution is 2.31. The highest BCUT2D eigenvalue weighted by molar-refractivity contribution is 6.03. The summed E-state index contributed by atoms with van der Waals surface area (Å²) in [6, 6.07) is 0. The van der Waals surface area contributed by atoms with E-state index >= 15 is 0 Å². The first kappa shape index (κ1) is 36.2. The zero-order valence-electron chi connectivity index (χ0n) is 28.7. The van der Waals surface area contributed by atoms with E-state index in [9.17, 15) is 19.2 Å². The monoisotopic (exact) mass is 664 g/mol. The zero-order valence-corrected chi connectivity index (χ0v) is 28.7. The molecule has 0 radical (unpaired) electrons. The molecule has 4 N–H and O–H groups in total. The fourth-order valence-electron chi connectivity index (χ4n) is 6.05. The average Bonchev–Trinajstić information content (AvgIpc) is 3.72. The molecule has 256 valence electrons. The molecule has 0 aromatic carbocycles. The maximum Gasteiger partial charge on any atom is 0.306 e. The van der Waals surface area contributed by atoms with Gasteiger partial charge >= 0.3 is 11.9 Å². The van der Waals surface area contributed by atoms with Gasteiger partial charge in [-0.05, 0) is 80.5 Å². The zero-order chi connectivity index (χ0) is 35.8. The van der Waals surface area contributed by atoms with Crippen LogP contribution in [-0.2, 0) is 47.9 Å². The Morgan fingerprint density at radius 1 is 0.653 bits per heavy atom. The predicted octanol–water partition coefficient (Wildman–Crippen LogP) is 5.82. The van der Waals surface area contributed by atoms with Crippen LogP contribution in [0.25, 0.3) is 12.2 Å². The van der Waals surface area contributed by atoms with E-state index in [0.717, 1.165) is 56.2 Å². The molecule has 10 heteroatoms. The van der Waals surface area contributed by atoms with E-state index in [4.69, 9.17) is 9.47 Å². The van der Waals surface area contributed by atoms with E-state index in [1.54, 1.807) is 19.1 Å². The molecule has 0 saturated carbocycles. The van der Waals surface area contributed by atoms with Crippen LogP contribution < -0.4 is 10.6 Å². The van der Waals surface area contributed by atoms with Crippen molar-refractivity contribution in [3.8, 4) is 0 Å². The van der Waals surface area contributed by atoms with Crippen LogP contribution >= 0.6 is 0 Å². The van der Waals surface area contributed by atoms with Crippen molar-refractivity contribution in [2.45, 2.75) is 59.8 Å². The van der Waals surface area contributed by atoms with E-state index < -0.39 is 0 Å². The first-order valence-electron chi connectivity index (χ1n) is 16.1. The molecule has 0 bridgehead atoms.